The fourth-order valence-electron chi connectivity index (χ4n) is 5.18. The van der Waals surface area contributed by atoms with E-state index < -0.39 is 5.97 Å². The first kappa shape index (κ1) is 43.4. The largest absolute Gasteiger partial charge is 0.481 e. The maximum atomic E-state index is 12.3. The first-order valence-corrected chi connectivity index (χ1v) is 18.9. The zero-order valence-electron chi connectivity index (χ0n) is 29.9. The summed E-state index contributed by atoms with van der Waals surface area (Å²) in [4.78, 5) is 22.8. The van der Waals surface area contributed by atoms with Crippen molar-refractivity contribution in [2.45, 2.75) is 180 Å². The normalized spacial score (nSPS) is 13.1. The van der Waals surface area contributed by atoms with Crippen LogP contribution in [0, 0.1) is 0 Å². The van der Waals surface area contributed by atoms with Crippen molar-refractivity contribution in [2.75, 3.05) is 0 Å². The number of esters is 1. The fourth-order valence-corrected chi connectivity index (χ4v) is 5.18. The molecule has 0 saturated carbocycles. The highest BCUT2D eigenvalue weighted by atomic mass is 16.5. The maximum Gasteiger partial charge on any atom is 0.306 e. The van der Waals surface area contributed by atoms with E-state index in [-0.39, 0.29) is 12.1 Å². The van der Waals surface area contributed by atoms with Gasteiger partial charge in [-0.1, -0.05) is 151 Å². The van der Waals surface area contributed by atoms with Crippen LogP contribution < -0.4 is 0 Å². The molecule has 0 radical (unpaired) electrons. The molecule has 0 rings (SSSR count). The summed E-state index contributed by atoms with van der Waals surface area (Å²) < 4.78 is 5.75. The number of allylic oxidation sites excluding steroid dienone is 12. The number of hydrogen-bond donors (Lipinski definition) is 1. The second kappa shape index (κ2) is 36.8. The standard InChI is InChI=1S/C42H70O4/c1-3-5-6-7-8-9-10-11-12-13-14-15-16-17-18-19-24-27-30-33-36-39-42(45)46-40(4-2)37-34-31-28-25-22-20-21-23-26-29-32-35-38-41(43)44/h5-6,8-9,11-12,14-15,17-18,24,27,40H,3-4,7,10,13,16,19-23,25-26,28-39H2,1-2H3,(H,43,44)/b6-5-,9-8-,12-11-,15-14-,18-17-,27-24-. The maximum absolute atomic E-state index is 12.3. The molecule has 0 aliphatic rings. The van der Waals surface area contributed by atoms with E-state index in [9.17, 15) is 9.59 Å². The highest BCUT2D eigenvalue weighted by molar-refractivity contribution is 5.69. The number of ether oxygens (including phenoxy) is 1. The highest BCUT2D eigenvalue weighted by Crippen LogP contribution is 2.16. The predicted molar refractivity (Wildman–Crippen MR) is 199 cm³/mol. The number of carbonyl (C=O) groups excluding carboxylic acids is 1. The van der Waals surface area contributed by atoms with Crippen molar-refractivity contribution >= 4 is 11.9 Å². The second-order valence-electron chi connectivity index (χ2n) is 12.4. The lowest BCUT2D eigenvalue weighted by molar-refractivity contribution is -0.149. The summed E-state index contributed by atoms with van der Waals surface area (Å²) in [6.45, 7) is 4.28. The average molecular weight is 639 g/mol. The van der Waals surface area contributed by atoms with Crippen molar-refractivity contribution in [3.05, 3.63) is 72.9 Å². The van der Waals surface area contributed by atoms with E-state index in [2.05, 4.69) is 86.8 Å². The molecule has 46 heavy (non-hydrogen) atoms. The van der Waals surface area contributed by atoms with Gasteiger partial charge in [-0.25, -0.2) is 0 Å². The predicted octanol–water partition coefficient (Wildman–Crippen LogP) is 13.1. The van der Waals surface area contributed by atoms with Gasteiger partial charge in [0, 0.05) is 12.8 Å². The lowest BCUT2D eigenvalue weighted by Gasteiger charge is -2.16. The summed E-state index contributed by atoms with van der Waals surface area (Å²) >= 11 is 0. The molecule has 0 aromatic rings. The third-order valence-electron chi connectivity index (χ3n) is 8.02. The van der Waals surface area contributed by atoms with Gasteiger partial charge in [0.25, 0.3) is 0 Å². The van der Waals surface area contributed by atoms with Gasteiger partial charge in [0.1, 0.15) is 6.10 Å². The Bertz CT molecular complexity index is 861. The van der Waals surface area contributed by atoms with E-state index in [1.807, 2.05) is 0 Å². The lowest BCUT2D eigenvalue weighted by atomic mass is 10.0. The van der Waals surface area contributed by atoms with Crippen LogP contribution in [0.15, 0.2) is 72.9 Å². The Morgan fingerprint density at radius 2 is 0.891 bits per heavy atom. The molecule has 4 nitrogen and oxygen atoms in total. The molecule has 0 amide bonds. The van der Waals surface area contributed by atoms with Gasteiger partial charge in [-0.2, -0.15) is 0 Å². The van der Waals surface area contributed by atoms with Gasteiger partial charge in [-0.3, -0.25) is 9.59 Å². The molecule has 0 aliphatic heterocycles. The van der Waals surface area contributed by atoms with Crippen LogP contribution in [0.4, 0.5) is 0 Å². The number of carboxylic acid groups (broad SMARTS) is 1. The third kappa shape index (κ3) is 35.9. The molecule has 0 spiro atoms. The van der Waals surface area contributed by atoms with E-state index in [4.69, 9.17) is 9.84 Å². The van der Waals surface area contributed by atoms with Crippen LogP contribution >= 0.6 is 0 Å². The number of aliphatic carboxylic acids is 1. The second-order valence-corrected chi connectivity index (χ2v) is 12.4. The zero-order valence-corrected chi connectivity index (χ0v) is 29.9. The van der Waals surface area contributed by atoms with Crippen molar-refractivity contribution in [3.63, 3.8) is 0 Å². The van der Waals surface area contributed by atoms with Gasteiger partial charge in [-0.15, -0.1) is 0 Å². The van der Waals surface area contributed by atoms with Crippen LogP contribution in [0.3, 0.4) is 0 Å². The van der Waals surface area contributed by atoms with Crippen LogP contribution in [-0.2, 0) is 14.3 Å². The molecule has 0 heterocycles. The molecular formula is C42H70O4. The molecule has 0 fully saturated rings. The molecule has 4 heteroatoms. The van der Waals surface area contributed by atoms with Gasteiger partial charge in [0.15, 0.2) is 0 Å². The van der Waals surface area contributed by atoms with Gasteiger partial charge in [0.05, 0.1) is 0 Å². The quantitative estimate of drug-likeness (QED) is 0.0441. The van der Waals surface area contributed by atoms with E-state index >= 15 is 0 Å². The SMILES string of the molecule is CC/C=C\C/C=C\C/C=C\C/C=C\C/C=C\C/C=C\CCCCC(=O)OC(CC)CCCCCCCCCCCCCCC(=O)O. The Morgan fingerprint density at radius 3 is 1.33 bits per heavy atom. The molecule has 0 aromatic heterocycles. The highest BCUT2D eigenvalue weighted by Gasteiger charge is 2.12. The average Bonchev–Trinajstić information content (AvgIpc) is 3.04. The van der Waals surface area contributed by atoms with E-state index in [1.165, 1.54) is 57.8 Å². The smallest absolute Gasteiger partial charge is 0.306 e. The van der Waals surface area contributed by atoms with Crippen molar-refractivity contribution < 1.29 is 19.4 Å². The fraction of sp³-hybridized carbons (Fsp3) is 0.667. The number of carboxylic acids is 1. The molecule has 0 bridgehead atoms. The Balaban J connectivity index is 3.60. The van der Waals surface area contributed by atoms with Crippen LogP contribution in [0.2, 0.25) is 0 Å². The Labute approximate surface area is 284 Å². The van der Waals surface area contributed by atoms with Crippen molar-refractivity contribution in [3.8, 4) is 0 Å². The van der Waals surface area contributed by atoms with Gasteiger partial charge < -0.3 is 9.84 Å². The van der Waals surface area contributed by atoms with Gasteiger partial charge in [-0.05, 0) is 83.5 Å². The first-order valence-electron chi connectivity index (χ1n) is 18.9. The van der Waals surface area contributed by atoms with Crippen LogP contribution in [0.1, 0.15) is 174 Å². The minimum atomic E-state index is -0.676. The van der Waals surface area contributed by atoms with Crippen LogP contribution in [0.25, 0.3) is 0 Å². The number of carbonyl (C=O) groups is 2. The van der Waals surface area contributed by atoms with Crippen molar-refractivity contribution in [1.29, 1.82) is 0 Å². The number of hydrogen-bond acceptors (Lipinski definition) is 3. The van der Waals surface area contributed by atoms with E-state index in [0.29, 0.717) is 12.8 Å². The van der Waals surface area contributed by atoms with Crippen molar-refractivity contribution in [1.82, 2.24) is 0 Å². The first-order chi connectivity index (χ1) is 22.6. The Hall–Kier alpha value is -2.62. The molecule has 1 N–H and O–H groups in total. The van der Waals surface area contributed by atoms with Gasteiger partial charge >= 0.3 is 11.9 Å². The summed E-state index contributed by atoms with van der Waals surface area (Å²) in [5.41, 5.74) is 0. The minimum absolute atomic E-state index is 0.0310. The Morgan fingerprint density at radius 1 is 0.500 bits per heavy atom. The zero-order chi connectivity index (χ0) is 33.6. The van der Waals surface area contributed by atoms with E-state index in [1.54, 1.807) is 0 Å². The van der Waals surface area contributed by atoms with Gasteiger partial charge in [0.2, 0.25) is 0 Å². The molecule has 0 aliphatic carbocycles. The van der Waals surface area contributed by atoms with Crippen molar-refractivity contribution in [2.24, 2.45) is 0 Å². The summed E-state index contributed by atoms with van der Waals surface area (Å²) in [5, 5.41) is 8.65. The molecule has 0 saturated heterocycles. The molecular weight excluding hydrogens is 568 g/mol. The van der Waals surface area contributed by atoms with Crippen LogP contribution in [-0.4, -0.2) is 23.1 Å². The molecule has 0 aromatic carbocycles. The minimum Gasteiger partial charge on any atom is -0.481 e. The molecule has 262 valence electrons. The van der Waals surface area contributed by atoms with Crippen LogP contribution in [0.5, 0.6) is 0 Å². The summed E-state index contributed by atoms with van der Waals surface area (Å²) in [6.07, 6.45) is 52.9. The summed E-state index contributed by atoms with van der Waals surface area (Å²) in [7, 11) is 0. The number of rotatable bonds is 33. The monoisotopic (exact) mass is 639 g/mol. The topological polar surface area (TPSA) is 63.6 Å². The summed E-state index contributed by atoms with van der Waals surface area (Å²) in [6, 6.07) is 0. The molecule has 1 atom stereocenters. The summed E-state index contributed by atoms with van der Waals surface area (Å²) in [5.74, 6) is -0.707. The Kier molecular flexibility index (Phi) is 34.7. The number of unbranched alkanes of at least 4 members (excludes halogenated alkanes) is 13. The van der Waals surface area contributed by atoms with E-state index in [0.717, 1.165) is 89.9 Å². The molecule has 1 unspecified atom stereocenters. The lowest BCUT2D eigenvalue weighted by Crippen LogP contribution is -2.17. The third-order valence-corrected chi connectivity index (χ3v) is 8.02.